The number of fused-ring (bicyclic) bond motifs is 1. The first-order valence-corrected chi connectivity index (χ1v) is 17.6. The van der Waals surface area contributed by atoms with Crippen LogP contribution in [0.1, 0.15) is 104 Å². The van der Waals surface area contributed by atoms with Crippen molar-refractivity contribution in [3.05, 3.63) is 50.7 Å². The zero-order chi connectivity index (χ0) is 30.2. The molecular formula is C33H40N2O5S3. The van der Waals surface area contributed by atoms with E-state index in [9.17, 15) is 14.4 Å². The lowest BCUT2D eigenvalue weighted by atomic mass is 9.95. The number of para-hydroxylation sites is 1. The van der Waals surface area contributed by atoms with Crippen LogP contribution in [0.15, 0.2) is 29.2 Å². The van der Waals surface area contributed by atoms with E-state index in [1.165, 1.54) is 47.2 Å². The number of nitrogens with zero attached hydrogens (tertiary/aromatic N) is 1. The van der Waals surface area contributed by atoms with Crippen LogP contribution in [-0.4, -0.2) is 46.3 Å². The van der Waals surface area contributed by atoms with E-state index in [-0.39, 0.29) is 23.9 Å². The predicted molar refractivity (Wildman–Crippen MR) is 178 cm³/mol. The molecule has 0 spiro atoms. The van der Waals surface area contributed by atoms with Crippen molar-refractivity contribution in [3.8, 4) is 5.75 Å². The number of benzene rings is 1. The van der Waals surface area contributed by atoms with Crippen LogP contribution in [0.25, 0.3) is 6.08 Å². The van der Waals surface area contributed by atoms with Crippen LogP contribution in [-0.2, 0) is 27.2 Å². The first-order chi connectivity index (χ1) is 20.9. The van der Waals surface area contributed by atoms with Gasteiger partial charge in [-0.1, -0.05) is 55.0 Å². The third-order valence-electron chi connectivity index (χ3n) is 8.11. The number of carbonyl (C=O) groups is 3. The fourth-order valence-corrected chi connectivity index (χ4v) is 8.49. The molecule has 1 saturated heterocycles. The standard InChI is InChI=1S/C33H40N2O5S3/c1-2-39-32(38)29-24-16-9-11-18-26(24)42-30(29)34-28(36)19-7-4-12-20-35-31(37)27(43-33(35)41)21-22-13-8-10-17-25(22)40-23-14-5-3-6-15-23/h8,10,13,17,21,23H,2-7,9,11-12,14-16,18-20H2,1H3,(H,34,36)/b27-21-. The maximum Gasteiger partial charge on any atom is 0.341 e. The van der Waals surface area contributed by atoms with Gasteiger partial charge in [0.25, 0.3) is 5.91 Å². The number of anilines is 1. The number of aryl methyl sites for hydroxylation is 1. The van der Waals surface area contributed by atoms with E-state index in [2.05, 4.69) is 5.32 Å². The normalized spacial score (nSPS) is 18.2. The highest BCUT2D eigenvalue weighted by Crippen LogP contribution is 2.39. The topological polar surface area (TPSA) is 84.9 Å². The highest BCUT2D eigenvalue weighted by molar-refractivity contribution is 8.26. The molecule has 230 valence electrons. The fraction of sp³-hybridized carbons (Fsp3) is 0.515. The van der Waals surface area contributed by atoms with Crippen molar-refractivity contribution in [2.75, 3.05) is 18.5 Å². The van der Waals surface area contributed by atoms with Gasteiger partial charge in [0, 0.05) is 23.4 Å². The highest BCUT2D eigenvalue weighted by Gasteiger charge is 2.32. The Morgan fingerprint density at radius 1 is 1.07 bits per heavy atom. The van der Waals surface area contributed by atoms with Crippen molar-refractivity contribution < 1.29 is 23.9 Å². The minimum absolute atomic E-state index is 0.0756. The van der Waals surface area contributed by atoms with Gasteiger partial charge in [-0.25, -0.2) is 4.79 Å². The molecule has 2 heterocycles. The third-order valence-corrected chi connectivity index (χ3v) is 10.7. The molecule has 0 unspecified atom stereocenters. The molecule has 2 fully saturated rings. The van der Waals surface area contributed by atoms with Gasteiger partial charge in [-0.3, -0.25) is 14.5 Å². The van der Waals surface area contributed by atoms with E-state index in [0.717, 1.165) is 68.2 Å². The summed E-state index contributed by atoms with van der Waals surface area (Å²) in [6.45, 7) is 2.62. The Kier molecular flexibility index (Phi) is 11.3. The Morgan fingerprint density at radius 2 is 1.86 bits per heavy atom. The second kappa shape index (κ2) is 15.3. The lowest BCUT2D eigenvalue weighted by molar-refractivity contribution is -0.122. The molecule has 0 atom stereocenters. The summed E-state index contributed by atoms with van der Waals surface area (Å²) in [4.78, 5) is 42.1. The van der Waals surface area contributed by atoms with E-state index in [4.69, 9.17) is 21.7 Å². The molecule has 1 N–H and O–H groups in total. The second-order valence-corrected chi connectivity index (χ2v) is 14.0. The van der Waals surface area contributed by atoms with Crippen LogP contribution in [0, 0.1) is 0 Å². The molecule has 1 aliphatic heterocycles. The number of hydrogen-bond acceptors (Lipinski definition) is 8. The largest absolute Gasteiger partial charge is 0.490 e. The molecule has 2 aromatic rings. The number of amides is 2. The Bertz CT molecular complexity index is 1380. The second-order valence-electron chi connectivity index (χ2n) is 11.2. The molecule has 0 bridgehead atoms. The van der Waals surface area contributed by atoms with Gasteiger partial charge in [-0.15, -0.1) is 11.3 Å². The van der Waals surface area contributed by atoms with Gasteiger partial charge in [0.15, 0.2) is 0 Å². The van der Waals surface area contributed by atoms with E-state index >= 15 is 0 Å². The number of thiocarbonyl (C=S) groups is 1. The summed E-state index contributed by atoms with van der Waals surface area (Å²) in [5.74, 6) is 0.283. The molecule has 3 aliphatic rings. The minimum Gasteiger partial charge on any atom is -0.490 e. The summed E-state index contributed by atoms with van der Waals surface area (Å²) >= 11 is 8.39. The van der Waals surface area contributed by atoms with Gasteiger partial charge < -0.3 is 14.8 Å². The Hall–Kier alpha value is -2.69. The molecule has 2 aliphatic carbocycles. The molecule has 5 rings (SSSR count). The van der Waals surface area contributed by atoms with Crippen LogP contribution >= 0.6 is 35.3 Å². The molecule has 1 aromatic heterocycles. The maximum absolute atomic E-state index is 13.2. The van der Waals surface area contributed by atoms with E-state index in [1.54, 1.807) is 11.8 Å². The number of rotatable bonds is 12. The minimum atomic E-state index is -0.352. The van der Waals surface area contributed by atoms with Crippen molar-refractivity contribution in [1.82, 2.24) is 4.90 Å². The predicted octanol–water partition coefficient (Wildman–Crippen LogP) is 7.92. The fourth-order valence-electron chi connectivity index (χ4n) is 5.90. The van der Waals surface area contributed by atoms with Gasteiger partial charge in [-0.05, 0) is 88.8 Å². The Labute approximate surface area is 267 Å². The zero-order valence-corrected chi connectivity index (χ0v) is 27.2. The van der Waals surface area contributed by atoms with E-state index < -0.39 is 0 Å². The molecule has 1 saturated carbocycles. The molecule has 10 heteroatoms. The molecule has 0 radical (unpaired) electrons. The molecule has 2 amide bonds. The Morgan fingerprint density at radius 3 is 2.67 bits per heavy atom. The lowest BCUT2D eigenvalue weighted by Crippen LogP contribution is -2.29. The number of thioether (sulfide) groups is 1. The quantitative estimate of drug-likeness (QED) is 0.109. The highest BCUT2D eigenvalue weighted by atomic mass is 32.2. The van der Waals surface area contributed by atoms with Crippen LogP contribution in [0.5, 0.6) is 5.75 Å². The van der Waals surface area contributed by atoms with Crippen molar-refractivity contribution in [2.24, 2.45) is 0 Å². The summed E-state index contributed by atoms with van der Waals surface area (Å²) in [5, 5.41) is 3.60. The number of hydrogen-bond donors (Lipinski definition) is 1. The summed E-state index contributed by atoms with van der Waals surface area (Å²) in [7, 11) is 0. The summed E-state index contributed by atoms with van der Waals surface area (Å²) in [6.07, 6.45) is 14.4. The molecule has 43 heavy (non-hydrogen) atoms. The van der Waals surface area contributed by atoms with Crippen LogP contribution in [0.2, 0.25) is 0 Å². The van der Waals surface area contributed by atoms with Crippen LogP contribution in [0.3, 0.4) is 0 Å². The average Bonchev–Trinajstić information content (AvgIpc) is 3.50. The first-order valence-electron chi connectivity index (χ1n) is 15.6. The average molecular weight is 641 g/mol. The van der Waals surface area contributed by atoms with E-state index in [0.29, 0.717) is 45.8 Å². The number of nitrogens with one attached hydrogen (secondary N) is 1. The van der Waals surface area contributed by atoms with Crippen LogP contribution < -0.4 is 10.1 Å². The van der Waals surface area contributed by atoms with Crippen molar-refractivity contribution in [2.45, 2.75) is 96.5 Å². The van der Waals surface area contributed by atoms with Gasteiger partial charge >= 0.3 is 5.97 Å². The third kappa shape index (κ3) is 8.08. The molecular weight excluding hydrogens is 601 g/mol. The number of carbonyl (C=O) groups excluding carboxylic acids is 3. The summed E-state index contributed by atoms with van der Waals surface area (Å²) in [6, 6.07) is 7.88. The van der Waals surface area contributed by atoms with Crippen LogP contribution in [0.4, 0.5) is 5.00 Å². The number of ether oxygens (including phenoxy) is 2. The van der Waals surface area contributed by atoms with Gasteiger partial charge in [0.05, 0.1) is 23.2 Å². The van der Waals surface area contributed by atoms with Crippen molar-refractivity contribution in [1.29, 1.82) is 0 Å². The number of esters is 1. The lowest BCUT2D eigenvalue weighted by Gasteiger charge is -2.23. The zero-order valence-electron chi connectivity index (χ0n) is 24.8. The number of thiophene rings is 1. The van der Waals surface area contributed by atoms with Crippen molar-refractivity contribution in [3.63, 3.8) is 0 Å². The van der Waals surface area contributed by atoms with Crippen molar-refractivity contribution >= 4 is 68.5 Å². The molecule has 7 nitrogen and oxygen atoms in total. The first kappa shape index (κ1) is 31.7. The van der Waals surface area contributed by atoms with Gasteiger partial charge in [0.2, 0.25) is 5.91 Å². The molecule has 1 aromatic carbocycles. The maximum atomic E-state index is 13.2. The summed E-state index contributed by atoms with van der Waals surface area (Å²) in [5.41, 5.74) is 2.49. The number of unbranched alkanes of at least 4 members (excludes halogenated alkanes) is 2. The van der Waals surface area contributed by atoms with E-state index in [1.807, 2.05) is 30.3 Å². The van der Waals surface area contributed by atoms with Gasteiger partial charge in [0.1, 0.15) is 15.1 Å². The van der Waals surface area contributed by atoms with Gasteiger partial charge in [-0.2, -0.15) is 0 Å². The SMILES string of the molecule is CCOC(=O)c1c(NC(=O)CCCCCN2C(=O)/C(=C/c3ccccc3OC3CCCCC3)SC2=S)sc2c1CCCC2. The summed E-state index contributed by atoms with van der Waals surface area (Å²) < 4.78 is 12.2. The smallest absolute Gasteiger partial charge is 0.341 e. The monoisotopic (exact) mass is 640 g/mol. The Balaban J connectivity index is 1.10.